The van der Waals surface area contributed by atoms with Gasteiger partial charge in [0.1, 0.15) is 5.82 Å². The van der Waals surface area contributed by atoms with Crippen LogP contribution < -0.4 is 5.32 Å². The highest BCUT2D eigenvalue weighted by atomic mass is 35.5. The maximum Gasteiger partial charge on any atom is 0.226 e. The van der Waals surface area contributed by atoms with Crippen LogP contribution in [0.1, 0.15) is 18.9 Å². The van der Waals surface area contributed by atoms with E-state index in [1.165, 1.54) is 13.0 Å². The molecular weight excluding hydrogens is 343 g/mol. The molecule has 2 amide bonds. The van der Waals surface area contributed by atoms with Crippen molar-refractivity contribution >= 4 is 29.1 Å². The Morgan fingerprint density at radius 1 is 1.12 bits per heavy atom. The Morgan fingerprint density at radius 3 is 2.56 bits per heavy atom. The van der Waals surface area contributed by atoms with E-state index >= 15 is 0 Å². The van der Waals surface area contributed by atoms with E-state index in [1.54, 1.807) is 47.4 Å². The van der Waals surface area contributed by atoms with Crippen LogP contribution in [0.5, 0.6) is 0 Å². The number of halogens is 2. The number of hydrogen-bond acceptors (Lipinski definition) is 2. The summed E-state index contributed by atoms with van der Waals surface area (Å²) in [6.07, 6.45) is 0.561. The number of hydrogen-bond donors (Lipinski definition) is 1. The van der Waals surface area contributed by atoms with Crippen molar-refractivity contribution in [2.75, 3.05) is 18.4 Å². The second kappa shape index (κ2) is 9.18. The third-order valence-electron chi connectivity index (χ3n) is 3.77. The molecule has 2 aromatic carbocycles. The maximum atomic E-state index is 13.7. The van der Waals surface area contributed by atoms with Gasteiger partial charge in [0.25, 0.3) is 0 Å². The van der Waals surface area contributed by atoms with Gasteiger partial charge in [0.2, 0.25) is 11.8 Å². The molecule has 6 heteroatoms. The normalized spacial score (nSPS) is 10.4. The Labute approximate surface area is 151 Å². The molecule has 0 aliphatic heterocycles. The minimum Gasteiger partial charge on any atom is -0.342 e. The third kappa shape index (κ3) is 6.19. The summed E-state index contributed by atoms with van der Waals surface area (Å²) in [5.41, 5.74) is 1.16. The highest BCUT2D eigenvalue weighted by Gasteiger charge is 2.12. The molecule has 0 aliphatic carbocycles. The lowest BCUT2D eigenvalue weighted by Crippen LogP contribution is -2.33. The van der Waals surface area contributed by atoms with Gasteiger partial charge in [-0.3, -0.25) is 9.59 Å². The minimum absolute atomic E-state index is 0.146. The number of benzene rings is 2. The topological polar surface area (TPSA) is 49.4 Å². The first-order valence-corrected chi connectivity index (χ1v) is 8.38. The number of amides is 2. The zero-order chi connectivity index (χ0) is 18.2. The summed E-state index contributed by atoms with van der Waals surface area (Å²) in [6.45, 7) is 2.08. The van der Waals surface area contributed by atoms with Crippen LogP contribution in [0.3, 0.4) is 0 Å². The first-order chi connectivity index (χ1) is 12.0. The molecule has 25 heavy (non-hydrogen) atoms. The predicted octanol–water partition coefficient (Wildman–Crippen LogP) is 3.90. The molecule has 0 aliphatic rings. The quantitative estimate of drug-likeness (QED) is 0.812. The Bertz CT molecular complexity index is 752. The number of anilines is 1. The molecule has 0 spiro atoms. The largest absolute Gasteiger partial charge is 0.342 e. The predicted molar refractivity (Wildman–Crippen MR) is 97.1 cm³/mol. The number of nitrogens with zero attached hydrogens (tertiary/aromatic N) is 1. The number of carbonyl (C=O) groups is 2. The lowest BCUT2D eigenvalue weighted by Gasteiger charge is -2.21. The second-order valence-electron chi connectivity index (χ2n) is 5.66. The van der Waals surface area contributed by atoms with Gasteiger partial charge in [-0.05, 0) is 36.2 Å². The first kappa shape index (κ1) is 18.9. The molecule has 0 heterocycles. The van der Waals surface area contributed by atoms with Crippen molar-refractivity contribution in [3.63, 3.8) is 0 Å². The van der Waals surface area contributed by atoms with Crippen molar-refractivity contribution in [3.8, 4) is 0 Å². The second-order valence-corrected chi connectivity index (χ2v) is 6.09. The molecule has 4 nitrogen and oxygen atoms in total. The van der Waals surface area contributed by atoms with E-state index in [-0.39, 0.29) is 30.6 Å². The third-order valence-corrected chi connectivity index (χ3v) is 4.01. The summed E-state index contributed by atoms with van der Waals surface area (Å²) >= 11 is 5.87. The Kier molecular flexibility index (Phi) is 6.95. The standard InChI is InChI=1S/C19H20ClFN2O2/c1-14(24)23(11-9-15-5-2-3-8-18(15)21)12-10-19(25)22-17-7-4-6-16(20)13-17/h2-8,13H,9-12H2,1H3,(H,22,25). The van der Waals surface area contributed by atoms with E-state index in [1.807, 2.05) is 0 Å². The molecular formula is C19H20ClFN2O2. The van der Waals surface area contributed by atoms with Crippen molar-refractivity contribution in [1.29, 1.82) is 0 Å². The molecule has 1 N–H and O–H groups in total. The SMILES string of the molecule is CC(=O)N(CCC(=O)Nc1cccc(Cl)c1)CCc1ccccc1F. The molecule has 0 atom stereocenters. The molecule has 132 valence electrons. The molecule has 0 radical (unpaired) electrons. The highest BCUT2D eigenvalue weighted by Crippen LogP contribution is 2.15. The highest BCUT2D eigenvalue weighted by molar-refractivity contribution is 6.30. The van der Waals surface area contributed by atoms with Crippen molar-refractivity contribution in [1.82, 2.24) is 4.90 Å². The minimum atomic E-state index is -0.287. The summed E-state index contributed by atoms with van der Waals surface area (Å²) in [6, 6.07) is 13.3. The lowest BCUT2D eigenvalue weighted by molar-refractivity contribution is -0.129. The van der Waals surface area contributed by atoms with Gasteiger partial charge >= 0.3 is 0 Å². The van der Waals surface area contributed by atoms with Gasteiger partial charge in [-0.2, -0.15) is 0 Å². The van der Waals surface area contributed by atoms with E-state index in [0.29, 0.717) is 29.2 Å². The fraction of sp³-hybridized carbons (Fsp3) is 0.263. The van der Waals surface area contributed by atoms with Gasteiger partial charge in [-0.15, -0.1) is 0 Å². The molecule has 0 saturated carbocycles. The average Bonchev–Trinajstić information content (AvgIpc) is 2.56. The van der Waals surface area contributed by atoms with Gasteiger partial charge in [-0.25, -0.2) is 4.39 Å². The fourth-order valence-electron chi connectivity index (χ4n) is 2.41. The average molecular weight is 363 g/mol. The molecule has 0 bridgehead atoms. The van der Waals surface area contributed by atoms with E-state index in [4.69, 9.17) is 11.6 Å². The maximum absolute atomic E-state index is 13.7. The van der Waals surface area contributed by atoms with Crippen molar-refractivity contribution in [2.45, 2.75) is 19.8 Å². The number of carbonyl (C=O) groups excluding carboxylic acids is 2. The Morgan fingerprint density at radius 2 is 1.88 bits per heavy atom. The Hall–Kier alpha value is -2.40. The summed E-state index contributed by atoms with van der Waals surface area (Å²) in [7, 11) is 0. The van der Waals surface area contributed by atoms with Crippen LogP contribution in [0.2, 0.25) is 5.02 Å². The monoisotopic (exact) mass is 362 g/mol. The number of nitrogens with one attached hydrogen (secondary N) is 1. The smallest absolute Gasteiger partial charge is 0.226 e. The molecule has 0 aromatic heterocycles. The lowest BCUT2D eigenvalue weighted by atomic mass is 10.1. The fourth-order valence-corrected chi connectivity index (χ4v) is 2.60. The van der Waals surface area contributed by atoms with Gasteiger partial charge in [0, 0.05) is 37.1 Å². The van der Waals surface area contributed by atoms with Crippen molar-refractivity contribution in [2.24, 2.45) is 0 Å². The van der Waals surface area contributed by atoms with Crippen LogP contribution in [0.25, 0.3) is 0 Å². The van der Waals surface area contributed by atoms with Crippen LogP contribution in [-0.4, -0.2) is 29.8 Å². The summed E-state index contributed by atoms with van der Waals surface area (Å²) in [5.74, 6) is -0.643. The van der Waals surface area contributed by atoms with Crippen LogP contribution in [0.15, 0.2) is 48.5 Å². The van der Waals surface area contributed by atoms with Gasteiger partial charge < -0.3 is 10.2 Å². The van der Waals surface area contributed by atoms with Gasteiger partial charge in [0.15, 0.2) is 0 Å². The van der Waals surface area contributed by atoms with Gasteiger partial charge in [0.05, 0.1) is 0 Å². The molecule has 2 rings (SSSR count). The zero-order valence-electron chi connectivity index (χ0n) is 14.0. The summed E-state index contributed by atoms with van der Waals surface area (Å²) in [5, 5.41) is 3.27. The zero-order valence-corrected chi connectivity index (χ0v) is 14.7. The van der Waals surface area contributed by atoms with Crippen molar-refractivity contribution in [3.05, 3.63) is 64.9 Å². The summed E-state index contributed by atoms with van der Waals surface area (Å²) in [4.78, 5) is 25.3. The summed E-state index contributed by atoms with van der Waals surface area (Å²) < 4.78 is 13.7. The van der Waals surface area contributed by atoms with Crippen LogP contribution in [-0.2, 0) is 16.0 Å². The van der Waals surface area contributed by atoms with E-state index in [2.05, 4.69) is 5.32 Å². The van der Waals surface area contributed by atoms with Gasteiger partial charge in [-0.1, -0.05) is 35.9 Å². The first-order valence-electron chi connectivity index (χ1n) is 8.00. The molecule has 0 unspecified atom stereocenters. The van der Waals surface area contributed by atoms with E-state index in [0.717, 1.165) is 0 Å². The Balaban J connectivity index is 1.85. The van der Waals surface area contributed by atoms with Crippen LogP contribution >= 0.6 is 11.6 Å². The van der Waals surface area contributed by atoms with Crippen molar-refractivity contribution < 1.29 is 14.0 Å². The van der Waals surface area contributed by atoms with E-state index in [9.17, 15) is 14.0 Å². The van der Waals surface area contributed by atoms with Crippen LogP contribution in [0.4, 0.5) is 10.1 Å². The van der Waals surface area contributed by atoms with E-state index < -0.39 is 0 Å². The molecule has 0 saturated heterocycles. The number of rotatable bonds is 7. The molecule has 0 fully saturated rings. The molecule has 2 aromatic rings. The van der Waals surface area contributed by atoms with Crippen LogP contribution in [0, 0.1) is 5.82 Å².